The van der Waals surface area contributed by atoms with Gasteiger partial charge in [0, 0.05) is 7.11 Å². The predicted molar refractivity (Wildman–Crippen MR) is 34.7 cm³/mol. The van der Waals surface area contributed by atoms with E-state index >= 15 is 0 Å². The highest BCUT2D eigenvalue weighted by Gasteiger charge is 2.22. The summed E-state index contributed by atoms with van der Waals surface area (Å²) in [6.45, 7) is 0.933. The van der Waals surface area contributed by atoms with Crippen molar-refractivity contribution < 1.29 is 4.43 Å². The minimum atomic E-state index is -2.44. The first-order valence-electron chi connectivity index (χ1n) is 1.69. The van der Waals surface area contributed by atoms with Crippen LogP contribution in [0, 0.1) is 0 Å². The molecule has 0 bridgehead atoms. The van der Waals surface area contributed by atoms with Gasteiger partial charge in [-0.15, -0.1) is 28.7 Å². The standard InChI is InChI=1S/C3H6Cl2OSi/c1-3-7(4,5)6-2/h3H,1H2,2H3. The molecule has 1 nitrogen and oxygen atoms in total. The molecule has 4 heteroatoms. The van der Waals surface area contributed by atoms with Gasteiger partial charge in [-0.3, -0.25) is 0 Å². The lowest BCUT2D eigenvalue weighted by molar-refractivity contribution is 0.437. The maximum Gasteiger partial charge on any atom is 0.415 e. The monoisotopic (exact) mass is 156 g/mol. The number of rotatable bonds is 2. The fourth-order valence-electron chi connectivity index (χ4n) is 0.0833. The Bertz CT molecular complexity index is 73.3. The molecule has 0 N–H and O–H groups in total. The molecule has 7 heavy (non-hydrogen) atoms. The van der Waals surface area contributed by atoms with Gasteiger partial charge in [-0.25, -0.2) is 0 Å². The maximum absolute atomic E-state index is 5.47. The molecule has 0 atom stereocenters. The summed E-state index contributed by atoms with van der Waals surface area (Å²) < 4.78 is 4.64. The van der Waals surface area contributed by atoms with Crippen molar-refractivity contribution >= 4 is 29.1 Å². The van der Waals surface area contributed by atoms with Gasteiger partial charge >= 0.3 is 6.94 Å². The van der Waals surface area contributed by atoms with Gasteiger partial charge in [-0.1, -0.05) is 0 Å². The third-order valence-electron chi connectivity index (χ3n) is 0.510. The van der Waals surface area contributed by atoms with E-state index in [1.165, 1.54) is 12.8 Å². The van der Waals surface area contributed by atoms with Crippen LogP contribution in [0.1, 0.15) is 0 Å². The molecular formula is C3H6Cl2OSi. The Morgan fingerprint density at radius 3 is 2.14 bits per heavy atom. The fraction of sp³-hybridized carbons (Fsp3) is 0.333. The van der Waals surface area contributed by atoms with Crippen molar-refractivity contribution in [2.45, 2.75) is 0 Å². The molecule has 0 saturated heterocycles. The van der Waals surface area contributed by atoms with Crippen LogP contribution in [0.5, 0.6) is 0 Å². The number of halogens is 2. The Kier molecular flexibility index (Phi) is 2.91. The molecule has 0 aliphatic heterocycles. The van der Waals surface area contributed by atoms with E-state index in [4.69, 9.17) is 22.2 Å². The Morgan fingerprint density at radius 1 is 1.71 bits per heavy atom. The molecule has 0 rings (SSSR count). The van der Waals surface area contributed by atoms with Gasteiger partial charge in [-0.2, -0.15) is 0 Å². The van der Waals surface area contributed by atoms with E-state index in [2.05, 4.69) is 11.0 Å². The molecule has 42 valence electrons. The highest BCUT2D eigenvalue weighted by Crippen LogP contribution is 2.14. The highest BCUT2D eigenvalue weighted by molar-refractivity contribution is 7.44. The topological polar surface area (TPSA) is 9.23 Å². The summed E-state index contributed by atoms with van der Waals surface area (Å²) in [5.41, 5.74) is 1.44. The maximum atomic E-state index is 5.47. The molecule has 0 aliphatic carbocycles. The minimum Gasteiger partial charge on any atom is -0.393 e. The third kappa shape index (κ3) is 3.11. The van der Waals surface area contributed by atoms with Crippen molar-refractivity contribution in [1.29, 1.82) is 0 Å². The molecule has 0 aromatic rings. The van der Waals surface area contributed by atoms with Crippen molar-refractivity contribution in [3.05, 3.63) is 12.3 Å². The van der Waals surface area contributed by atoms with E-state index in [9.17, 15) is 0 Å². The molecule has 0 saturated carbocycles. The van der Waals surface area contributed by atoms with Crippen LogP contribution in [0.2, 0.25) is 0 Å². The van der Waals surface area contributed by atoms with Gasteiger partial charge in [0.05, 0.1) is 0 Å². The van der Waals surface area contributed by atoms with Crippen molar-refractivity contribution in [1.82, 2.24) is 0 Å². The Labute approximate surface area is 53.4 Å². The minimum absolute atomic E-state index is 1.44. The van der Waals surface area contributed by atoms with Crippen molar-refractivity contribution in [2.75, 3.05) is 7.11 Å². The summed E-state index contributed by atoms with van der Waals surface area (Å²) in [6, 6.07) is 0. The molecule has 0 aromatic heterocycles. The number of hydrogen-bond acceptors (Lipinski definition) is 1. The second-order valence-corrected chi connectivity index (χ2v) is 6.86. The van der Waals surface area contributed by atoms with Crippen LogP contribution in [0.15, 0.2) is 12.3 Å². The summed E-state index contributed by atoms with van der Waals surface area (Å²) in [6.07, 6.45) is 0. The van der Waals surface area contributed by atoms with E-state index in [1.54, 1.807) is 0 Å². The van der Waals surface area contributed by atoms with Crippen molar-refractivity contribution in [3.8, 4) is 0 Å². The molecule has 0 fully saturated rings. The lowest BCUT2D eigenvalue weighted by Crippen LogP contribution is -2.17. The van der Waals surface area contributed by atoms with Crippen LogP contribution in [0.4, 0.5) is 0 Å². The molecule has 0 heterocycles. The second-order valence-electron chi connectivity index (χ2n) is 0.970. The average Bonchev–Trinajstić information content (AvgIpc) is 1.68. The van der Waals surface area contributed by atoms with Crippen LogP contribution < -0.4 is 0 Å². The third-order valence-corrected chi connectivity index (χ3v) is 3.38. The highest BCUT2D eigenvalue weighted by atomic mass is 35.7. The zero-order valence-corrected chi connectivity index (χ0v) is 6.46. The zero-order chi connectivity index (χ0) is 5.91. The van der Waals surface area contributed by atoms with Crippen molar-refractivity contribution in [3.63, 3.8) is 0 Å². The summed E-state index contributed by atoms with van der Waals surface area (Å²) >= 11 is 10.9. The van der Waals surface area contributed by atoms with E-state index in [1.807, 2.05) is 0 Å². The van der Waals surface area contributed by atoms with Gasteiger partial charge in [0.1, 0.15) is 0 Å². The molecule has 0 unspecified atom stereocenters. The number of hydrogen-bond donors (Lipinski definition) is 0. The largest absolute Gasteiger partial charge is 0.415 e. The quantitative estimate of drug-likeness (QED) is 0.438. The van der Waals surface area contributed by atoms with Gasteiger partial charge in [0.25, 0.3) is 0 Å². The van der Waals surface area contributed by atoms with Crippen LogP contribution in [0.3, 0.4) is 0 Å². The first-order valence-corrected chi connectivity index (χ1v) is 5.70. The van der Waals surface area contributed by atoms with Crippen molar-refractivity contribution in [2.24, 2.45) is 0 Å². The Hall–Kier alpha value is 0.497. The normalized spacial score (nSPS) is 11.3. The lowest BCUT2D eigenvalue weighted by atomic mass is 11.3. The predicted octanol–water partition coefficient (Wildman–Crippen LogP) is 1.77. The van der Waals surface area contributed by atoms with Gasteiger partial charge < -0.3 is 4.43 Å². The SMILES string of the molecule is C=C[Si](Cl)(Cl)OC. The second kappa shape index (κ2) is 2.72. The summed E-state index contributed by atoms with van der Waals surface area (Å²) in [5.74, 6) is 0. The molecule has 0 aliphatic rings. The van der Waals surface area contributed by atoms with Gasteiger partial charge in [-0.05, 0) is 5.70 Å². The van der Waals surface area contributed by atoms with Gasteiger partial charge in [0.2, 0.25) is 0 Å². The van der Waals surface area contributed by atoms with E-state index in [-0.39, 0.29) is 0 Å². The van der Waals surface area contributed by atoms with E-state index < -0.39 is 6.94 Å². The van der Waals surface area contributed by atoms with Gasteiger partial charge in [0.15, 0.2) is 0 Å². The fourth-order valence-corrected chi connectivity index (χ4v) is 0.250. The first kappa shape index (κ1) is 7.50. The smallest absolute Gasteiger partial charge is 0.393 e. The zero-order valence-electron chi connectivity index (χ0n) is 3.95. The molecule has 0 aromatic carbocycles. The molecule has 0 amide bonds. The summed E-state index contributed by atoms with van der Waals surface area (Å²) in [7, 11) is 1.47. The molecular weight excluding hydrogens is 151 g/mol. The van der Waals surface area contributed by atoms with Crippen LogP contribution in [-0.4, -0.2) is 14.0 Å². The van der Waals surface area contributed by atoms with Crippen LogP contribution in [0.25, 0.3) is 0 Å². The first-order chi connectivity index (χ1) is 3.12. The van der Waals surface area contributed by atoms with Crippen LogP contribution >= 0.6 is 22.2 Å². The molecule has 0 radical (unpaired) electrons. The van der Waals surface area contributed by atoms with E-state index in [0.717, 1.165) is 0 Å². The lowest BCUT2D eigenvalue weighted by Gasteiger charge is -2.04. The average molecular weight is 157 g/mol. The van der Waals surface area contributed by atoms with E-state index in [0.29, 0.717) is 0 Å². The Morgan fingerprint density at radius 2 is 2.14 bits per heavy atom. The summed E-state index contributed by atoms with van der Waals surface area (Å²) in [4.78, 5) is 0. The Balaban J connectivity index is 3.58. The summed E-state index contributed by atoms with van der Waals surface area (Å²) in [5, 5.41) is 0. The molecule has 0 spiro atoms. The van der Waals surface area contributed by atoms with Crippen LogP contribution in [-0.2, 0) is 4.43 Å².